The van der Waals surface area contributed by atoms with Gasteiger partial charge in [-0.2, -0.15) is 4.68 Å². The summed E-state index contributed by atoms with van der Waals surface area (Å²) in [5.41, 5.74) is 0. The van der Waals surface area contributed by atoms with Crippen LogP contribution in [0.25, 0.3) is 0 Å². The first-order valence-corrected chi connectivity index (χ1v) is 4.96. The molecule has 1 heterocycles. The Bertz CT molecular complexity index is 418. The molecule has 0 aromatic carbocycles. The number of aliphatic carboxylic acids is 1. The molecular weight excluding hydrogens is 286 g/mol. The molecule has 0 aliphatic carbocycles. The highest BCUT2D eigenvalue weighted by atomic mass is 79.9. The van der Waals surface area contributed by atoms with Gasteiger partial charge in [0.1, 0.15) is 4.47 Å². The summed E-state index contributed by atoms with van der Waals surface area (Å²) < 4.78 is 1.30. The van der Waals surface area contributed by atoms with Crippen molar-refractivity contribution in [2.75, 3.05) is 0 Å². The Morgan fingerprint density at radius 2 is 2.38 bits per heavy atom. The SMILES string of the molecule is O=C(O)CC(O)Cn1cc(Br)c([N+](=O)[O-])n1. The molecule has 9 heteroatoms. The van der Waals surface area contributed by atoms with E-state index in [0.29, 0.717) is 0 Å². The second-order valence-corrected chi connectivity index (χ2v) is 3.89. The molecule has 8 nitrogen and oxygen atoms in total. The van der Waals surface area contributed by atoms with Crippen molar-refractivity contribution in [2.45, 2.75) is 19.1 Å². The molecule has 16 heavy (non-hydrogen) atoms. The molecule has 0 amide bonds. The largest absolute Gasteiger partial charge is 0.481 e. The van der Waals surface area contributed by atoms with Crippen LogP contribution in [0.3, 0.4) is 0 Å². The highest BCUT2D eigenvalue weighted by molar-refractivity contribution is 9.10. The molecule has 88 valence electrons. The Hall–Kier alpha value is -1.48. The molecule has 0 aliphatic rings. The summed E-state index contributed by atoms with van der Waals surface area (Å²) >= 11 is 2.94. The van der Waals surface area contributed by atoms with Crippen LogP contribution in [-0.2, 0) is 11.3 Å². The van der Waals surface area contributed by atoms with E-state index in [1.165, 1.54) is 6.20 Å². The molecule has 0 saturated carbocycles. The third-order valence-electron chi connectivity index (χ3n) is 1.68. The fourth-order valence-electron chi connectivity index (χ4n) is 1.09. The molecule has 2 N–H and O–H groups in total. The summed E-state index contributed by atoms with van der Waals surface area (Å²) in [5.74, 6) is -1.52. The Balaban J connectivity index is 2.71. The molecule has 0 spiro atoms. The van der Waals surface area contributed by atoms with E-state index in [1.54, 1.807) is 0 Å². The summed E-state index contributed by atoms with van der Waals surface area (Å²) in [6.07, 6.45) is -0.266. The van der Waals surface area contributed by atoms with Crippen molar-refractivity contribution in [3.05, 3.63) is 20.8 Å². The number of carboxylic acid groups (broad SMARTS) is 1. The summed E-state index contributed by atoms with van der Waals surface area (Å²) in [7, 11) is 0. The molecule has 0 saturated heterocycles. The maximum Gasteiger partial charge on any atom is 0.404 e. The van der Waals surface area contributed by atoms with Gasteiger partial charge in [0.05, 0.1) is 30.4 Å². The first kappa shape index (κ1) is 12.6. The average Bonchev–Trinajstić information content (AvgIpc) is 2.44. The maximum absolute atomic E-state index is 10.4. The molecule has 1 rings (SSSR count). The van der Waals surface area contributed by atoms with Crippen molar-refractivity contribution in [3.8, 4) is 0 Å². The third-order valence-corrected chi connectivity index (χ3v) is 2.24. The van der Waals surface area contributed by atoms with Crippen LogP contribution in [-0.4, -0.2) is 37.0 Å². The molecular formula is C7H8BrN3O5. The number of aliphatic hydroxyl groups is 1. The van der Waals surface area contributed by atoms with Crippen LogP contribution >= 0.6 is 15.9 Å². The summed E-state index contributed by atoms with van der Waals surface area (Å²) in [4.78, 5) is 20.0. The van der Waals surface area contributed by atoms with Crippen molar-refractivity contribution in [2.24, 2.45) is 0 Å². The lowest BCUT2D eigenvalue weighted by Crippen LogP contribution is -2.20. The van der Waals surface area contributed by atoms with E-state index in [0.717, 1.165) is 4.68 Å². The van der Waals surface area contributed by atoms with Crippen molar-refractivity contribution in [1.29, 1.82) is 0 Å². The third kappa shape index (κ3) is 3.28. The molecule has 1 atom stereocenters. The molecule has 0 aliphatic heterocycles. The smallest absolute Gasteiger partial charge is 0.404 e. The molecule has 0 fully saturated rings. The maximum atomic E-state index is 10.4. The van der Waals surface area contributed by atoms with Crippen molar-refractivity contribution in [1.82, 2.24) is 9.78 Å². The van der Waals surface area contributed by atoms with E-state index in [4.69, 9.17) is 5.11 Å². The van der Waals surface area contributed by atoms with Crippen LogP contribution in [0.15, 0.2) is 10.7 Å². The number of carbonyl (C=O) groups is 1. The van der Waals surface area contributed by atoms with Crippen LogP contribution in [0.5, 0.6) is 0 Å². The number of nitrogens with zero attached hydrogens (tertiary/aromatic N) is 3. The van der Waals surface area contributed by atoms with Crippen LogP contribution in [0.1, 0.15) is 6.42 Å². The lowest BCUT2D eigenvalue weighted by molar-refractivity contribution is -0.390. The number of aliphatic hydroxyl groups excluding tert-OH is 1. The Morgan fingerprint density at radius 3 is 2.81 bits per heavy atom. The number of aromatic nitrogens is 2. The van der Waals surface area contributed by atoms with Gasteiger partial charge in [0, 0.05) is 0 Å². The first-order chi connectivity index (χ1) is 7.40. The van der Waals surface area contributed by atoms with Crippen molar-refractivity contribution < 1.29 is 19.9 Å². The van der Waals surface area contributed by atoms with E-state index in [9.17, 15) is 20.0 Å². The molecule has 1 unspecified atom stereocenters. The number of hydrogen-bond acceptors (Lipinski definition) is 5. The van der Waals surface area contributed by atoms with Crippen molar-refractivity contribution >= 4 is 27.7 Å². The number of halogens is 1. The lowest BCUT2D eigenvalue weighted by Gasteiger charge is -2.04. The van der Waals surface area contributed by atoms with Crippen LogP contribution in [0, 0.1) is 10.1 Å². The van der Waals surface area contributed by atoms with E-state index >= 15 is 0 Å². The van der Waals surface area contributed by atoms with E-state index in [2.05, 4.69) is 21.0 Å². The Kier molecular flexibility index (Phi) is 3.96. The van der Waals surface area contributed by atoms with Gasteiger partial charge in [-0.15, -0.1) is 0 Å². The predicted molar refractivity (Wildman–Crippen MR) is 54.8 cm³/mol. The van der Waals surface area contributed by atoms with E-state index in [-0.39, 0.29) is 16.8 Å². The first-order valence-electron chi connectivity index (χ1n) is 4.17. The zero-order valence-corrected chi connectivity index (χ0v) is 9.49. The van der Waals surface area contributed by atoms with Gasteiger partial charge in [-0.25, -0.2) is 0 Å². The van der Waals surface area contributed by atoms with Crippen LogP contribution in [0.2, 0.25) is 0 Å². The predicted octanol–water partition coefficient (Wildman–Crippen LogP) is 0.389. The number of rotatable bonds is 5. The van der Waals surface area contributed by atoms with E-state index in [1.807, 2.05) is 0 Å². The Morgan fingerprint density at radius 1 is 1.75 bits per heavy atom. The number of nitro groups is 1. The molecule has 1 aromatic heterocycles. The fraction of sp³-hybridized carbons (Fsp3) is 0.429. The van der Waals surface area contributed by atoms with Crippen molar-refractivity contribution in [3.63, 3.8) is 0 Å². The van der Waals surface area contributed by atoms with Crippen LogP contribution < -0.4 is 0 Å². The lowest BCUT2D eigenvalue weighted by atomic mass is 10.2. The number of carboxylic acids is 1. The van der Waals surface area contributed by atoms with Gasteiger partial charge in [0.25, 0.3) is 0 Å². The number of hydrogen-bond donors (Lipinski definition) is 2. The summed E-state index contributed by atoms with van der Waals surface area (Å²) in [5, 5.41) is 31.7. The average molecular weight is 294 g/mol. The summed E-state index contributed by atoms with van der Waals surface area (Å²) in [6.45, 7) is -0.112. The van der Waals surface area contributed by atoms with Gasteiger partial charge in [0.15, 0.2) is 0 Å². The van der Waals surface area contributed by atoms with E-state index < -0.39 is 23.4 Å². The van der Waals surface area contributed by atoms with Gasteiger partial charge in [-0.1, -0.05) is 0 Å². The van der Waals surface area contributed by atoms with Gasteiger partial charge in [0.2, 0.25) is 0 Å². The minimum absolute atomic E-state index is 0.112. The zero-order valence-electron chi connectivity index (χ0n) is 7.91. The normalized spacial score (nSPS) is 12.4. The standard InChI is InChI=1S/C7H8BrN3O5/c8-5-3-10(9-7(5)11(15)16)2-4(12)1-6(13)14/h3-4,12H,1-2H2,(H,13,14). The second kappa shape index (κ2) is 5.03. The van der Waals surface area contributed by atoms with Gasteiger partial charge < -0.3 is 20.3 Å². The highest BCUT2D eigenvalue weighted by Gasteiger charge is 2.20. The minimum Gasteiger partial charge on any atom is -0.481 e. The monoisotopic (exact) mass is 293 g/mol. The topological polar surface area (TPSA) is 118 Å². The van der Waals surface area contributed by atoms with Gasteiger partial charge in [-0.05, 0) is 20.9 Å². The minimum atomic E-state index is -1.15. The quantitative estimate of drug-likeness (QED) is 0.599. The fourth-order valence-corrected chi connectivity index (χ4v) is 1.55. The Labute approximate surface area is 97.8 Å². The molecule has 1 aromatic rings. The van der Waals surface area contributed by atoms with Gasteiger partial charge >= 0.3 is 11.8 Å². The summed E-state index contributed by atoms with van der Waals surface area (Å²) in [6, 6.07) is 0. The van der Waals surface area contributed by atoms with Crippen LogP contribution in [0.4, 0.5) is 5.82 Å². The highest BCUT2D eigenvalue weighted by Crippen LogP contribution is 2.22. The zero-order chi connectivity index (χ0) is 12.3. The molecule has 0 bridgehead atoms. The molecule has 0 radical (unpaired) electrons. The van der Waals surface area contributed by atoms with Gasteiger partial charge in [-0.3, -0.25) is 4.79 Å². The second-order valence-electron chi connectivity index (χ2n) is 3.03.